The fraction of sp³-hybridized carbons (Fsp3) is 0.917. The Morgan fingerprint density at radius 2 is 2.00 bits per heavy atom. The van der Waals surface area contributed by atoms with Gasteiger partial charge in [0, 0.05) is 0 Å². The van der Waals surface area contributed by atoms with Crippen LogP contribution in [0.15, 0.2) is 0 Å². The Morgan fingerprint density at radius 1 is 1.27 bits per heavy atom. The number of thioether (sulfide) groups is 1. The van der Waals surface area contributed by atoms with Crippen LogP contribution in [0, 0.1) is 11.3 Å². The third-order valence-electron chi connectivity index (χ3n) is 2.45. The van der Waals surface area contributed by atoms with Gasteiger partial charge in [-0.25, -0.2) is 0 Å². The second-order valence-corrected chi connectivity index (χ2v) is 5.27. The molecule has 15 heavy (non-hydrogen) atoms. The van der Waals surface area contributed by atoms with Crippen LogP contribution in [0.5, 0.6) is 0 Å². The summed E-state index contributed by atoms with van der Waals surface area (Å²) in [6.45, 7) is 7.13. The molecule has 0 bridgehead atoms. The van der Waals surface area contributed by atoms with E-state index in [1.54, 1.807) is 0 Å². The van der Waals surface area contributed by atoms with Gasteiger partial charge in [-0.3, -0.25) is 5.32 Å². The fourth-order valence-corrected chi connectivity index (χ4v) is 2.57. The van der Waals surface area contributed by atoms with Crippen molar-refractivity contribution in [2.45, 2.75) is 52.0 Å². The molecule has 0 amide bonds. The number of rotatable bonds is 9. The molecule has 0 aromatic carbocycles. The molecule has 0 saturated carbocycles. The van der Waals surface area contributed by atoms with E-state index in [-0.39, 0.29) is 5.54 Å². The zero-order valence-electron chi connectivity index (χ0n) is 10.3. The highest BCUT2D eigenvalue weighted by Crippen LogP contribution is 2.14. The molecule has 88 valence electrons. The molecule has 1 atom stereocenters. The molecule has 0 saturated heterocycles. The molecule has 0 aliphatic carbocycles. The van der Waals surface area contributed by atoms with Crippen LogP contribution in [-0.2, 0) is 0 Å². The molecular formula is C12H24N2S. The maximum Gasteiger partial charge on any atom is 0.104 e. The third-order valence-corrected chi connectivity index (χ3v) is 3.52. The molecule has 3 heteroatoms. The first-order valence-electron chi connectivity index (χ1n) is 5.92. The van der Waals surface area contributed by atoms with Crippen LogP contribution in [0.4, 0.5) is 0 Å². The molecule has 0 aliphatic heterocycles. The summed E-state index contributed by atoms with van der Waals surface area (Å²) in [5.74, 6) is 2.32. The Hall–Kier alpha value is -0.200. The summed E-state index contributed by atoms with van der Waals surface area (Å²) in [6.07, 6.45) is 4.86. The zero-order chi connectivity index (χ0) is 11.6. The molecule has 0 spiro atoms. The number of hydrogen-bond acceptors (Lipinski definition) is 3. The van der Waals surface area contributed by atoms with E-state index < -0.39 is 0 Å². The summed E-state index contributed by atoms with van der Waals surface area (Å²) in [7, 11) is 0. The van der Waals surface area contributed by atoms with Crippen LogP contribution in [-0.4, -0.2) is 23.6 Å². The lowest BCUT2D eigenvalue weighted by molar-refractivity contribution is 0.450. The normalized spacial score (nSPS) is 14.5. The quantitative estimate of drug-likeness (QED) is 0.616. The van der Waals surface area contributed by atoms with Crippen molar-refractivity contribution in [3.05, 3.63) is 0 Å². The minimum atomic E-state index is -0.327. The second-order valence-electron chi connectivity index (χ2n) is 4.04. The number of nitriles is 1. The van der Waals surface area contributed by atoms with Crippen molar-refractivity contribution in [2.75, 3.05) is 18.1 Å². The van der Waals surface area contributed by atoms with Crippen molar-refractivity contribution >= 4 is 11.8 Å². The number of nitrogens with one attached hydrogen (secondary N) is 1. The average molecular weight is 228 g/mol. The minimum absolute atomic E-state index is 0.327. The summed E-state index contributed by atoms with van der Waals surface area (Å²) >= 11 is 1.97. The Bertz CT molecular complexity index is 189. The highest BCUT2D eigenvalue weighted by atomic mass is 32.2. The predicted molar refractivity (Wildman–Crippen MR) is 69.2 cm³/mol. The molecule has 0 aromatic rings. The standard InChI is InChI=1S/C12H24N2S/c1-4-6-7-9-15-10-8-12(3,11-13)14-5-2/h14H,4-10H2,1-3H3. The lowest BCUT2D eigenvalue weighted by Gasteiger charge is -2.21. The Kier molecular flexibility index (Phi) is 8.94. The first-order chi connectivity index (χ1) is 7.18. The van der Waals surface area contributed by atoms with Crippen molar-refractivity contribution < 1.29 is 0 Å². The average Bonchev–Trinajstić information content (AvgIpc) is 2.24. The van der Waals surface area contributed by atoms with Gasteiger partial charge in [-0.05, 0) is 37.8 Å². The summed E-state index contributed by atoms with van der Waals surface area (Å²) < 4.78 is 0. The van der Waals surface area contributed by atoms with Gasteiger partial charge in [-0.2, -0.15) is 17.0 Å². The van der Waals surface area contributed by atoms with Crippen LogP contribution in [0.2, 0.25) is 0 Å². The molecule has 1 N–H and O–H groups in total. The van der Waals surface area contributed by atoms with E-state index in [4.69, 9.17) is 5.26 Å². The predicted octanol–water partition coefficient (Wildman–Crippen LogP) is 3.19. The van der Waals surface area contributed by atoms with Gasteiger partial charge in [0.1, 0.15) is 5.54 Å². The zero-order valence-corrected chi connectivity index (χ0v) is 11.1. The van der Waals surface area contributed by atoms with Crippen LogP contribution in [0.25, 0.3) is 0 Å². The van der Waals surface area contributed by atoms with Crippen LogP contribution in [0.3, 0.4) is 0 Å². The summed E-state index contributed by atoms with van der Waals surface area (Å²) in [5.41, 5.74) is -0.327. The molecule has 0 rings (SSSR count). The van der Waals surface area contributed by atoms with E-state index in [0.717, 1.165) is 18.7 Å². The van der Waals surface area contributed by atoms with Crippen LogP contribution >= 0.6 is 11.8 Å². The molecule has 2 nitrogen and oxygen atoms in total. The van der Waals surface area contributed by atoms with Gasteiger partial charge in [-0.1, -0.05) is 26.7 Å². The Labute approximate surface area is 98.8 Å². The molecule has 0 heterocycles. The number of nitrogens with zero attached hydrogens (tertiary/aromatic N) is 1. The van der Waals surface area contributed by atoms with Crippen molar-refractivity contribution in [2.24, 2.45) is 0 Å². The summed E-state index contributed by atoms with van der Waals surface area (Å²) in [4.78, 5) is 0. The SMILES string of the molecule is CCCCCSCCC(C)(C#N)NCC. The summed E-state index contributed by atoms with van der Waals surface area (Å²) in [5, 5.41) is 12.3. The number of unbranched alkanes of at least 4 members (excludes halogenated alkanes) is 2. The lowest BCUT2D eigenvalue weighted by atomic mass is 10.0. The van der Waals surface area contributed by atoms with Gasteiger partial charge < -0.3 is 0 Å². The lowest BCUT2D eigenvalue weighted by Crippen LogP contribution is -2.41. The minimum Gasteiger partial charge on any atom is -0.300 e. The first-order valence-corrected chi connectivity index (χ1v) is 7.08. The second kappa shape index (κ2) is 9.06. The van der Waals surface area contributed by atoms with Gasteiger partial charge >= 0.3 is 0 Å². The van der Waals surface area contributed by atoms with E-state index in [9.17, 15) is 0 Å². The smallest absolute Gasteiger partial charge is 0.104 e. The van der Waals surface area contributed by atoms with Gasteiger partial charge in [0.2, 0.25) is 0 Å². The molecule has 1 unspecified atom stereocenters. The molecule has 0 radical (unpaired) electrons. The van der Waals surface area contributed by atoms with Gasteiger partial charge in [-0.15, -0.1) is 0 Å². The Balaban J connectivity index is 3.51. The van der Waals surface area contributed by atoms with Crippen LogP contribution < -0.4 is 5.32 Å². The van der Waals surface area contributed by atoms with Gasteiger partial charge in [0.15, 0.2) is 0 Å². The van der Waals surface area contributed by atoms with E-state index >= 15 is 0 Å². The van der Waals surface area contributed by atoms with Crippen molar-refractivity contribution in [1.29, 1.82) is 5.26 Å². The third kappa shape index (κ3) is 7.70. The Morgan fingerprint density at radius 3 is 2.53 bits per heavy atom. The fourth-order valence-electron chi connectivity index (χ4n) is 1.41. The van der Waals surface area contributed by atoms with Crippen molar-refractivity contribution in [3.8, 4) is 6.07 Å². The maximum absolute atomic E-state index is 9.04. The van der Waals surface area contributed by atoms with Gasteiger partial charge in [0.05, 0.1) is 6.07 Å². The highest BCUT2D eigenvalue weighted by Gasteiger charge is 2.21. The van der Waals surface area contributed by atoms with E-state index in [1.807, 2.05) is 25.6 Å². The van der Waals surface area contributed by atoms with E-state index in [2.05, 4.69) is 18.3 Å². The van der Waals surface area contributed by atoms with Crippen molar-refractivity contribution in [3.63, 3.8) is 0 Å². The number of hydrogen-bond donors (Lipinski definition) is 1. The molecule has 0 aromatic heterocycles. The van der Waals surface area contributed by atoms with Crippen LogP contribution in [0.1, 0.15) is 46.5 Å². The van der Waals surface area contributed by atoms with E-state index in [0.29, 0.717) is 0 Å². The monoisotopic (exact) mass is 228 g/mol. The summed E-state index contributed by atoms with van der Waals surface area (Å²) in [6, 6.07) is 2.36. The van der Waals surface area contributed by atoms with Crippen molar-refractivity contribution in [1.82, 2.24) is 5.32 Å². The topological polar surface area (TPSA) is 35.8 Å². The molecular weight excluding hydrogens is 204 g/mol. The highest BCUT2D eigenvalue weighted by molar-refractivity contribution is 7.99. The molecule has 0 aliphatic rings. The first kappa shape index (κ1) is 14.8. The largest absolute Gasteiger partial charge is 0.300 e. The van der Waals surface area contributed by atoms with E-state index in [1.165, 1.54) is 25.0 Å². The van der Waals surface area contributed by atoms with Gasteiger partial charge in [0.25, 0.3) is 0 Å². The maximum atomic E-state index is 9.04. The molecule has 0 fully saturated rings.